The summed E-state index contributed by atoms with van der Waals surface area (Å²) in [6.45, 7) is 0.519. The van der Waals surface area contributed by atoms with E-state index in [-0.39, 0.29) is 5.56 Å². The van der Waals surface area contributed by atoms with Gasteiger partial charge in [0.05, 0.1) is 5.56 Å². The summed E-state index contributed by atoms with van der Waals surface area (Å²) >= 11 is 3.50. The maximum Gasteiger partial charge on any atom is 0.254 e. The number of hydrogen-bond acceptors (Lipinski definition) is 1. The van der Waals surface area contributed by atoms with Crippen LogP contribution in [0.15, 0.2) is 18.2 Å². The molecule has 0 saturated heterocycles. The number of alkyl halides is 1. The molecule has 2 rings (SSSR count). The second kappa shape index (κ2) is 7.16. The molecule has 2 nitrogen and oxygen atoms in total. The van der Waals surface area contributed by atoms with Crippen molar-refractivity contribution in [3.05, 3.63) is 35.4 Å². The minimum Gasteiger partial charge on any atom is -0.352 e. The van der Waals surface area contributed by atoms with Gasteiger partial charge in [-0.05, 0) is 42.9 Å². The number of benzene rings is 1. The molecule has 0 spiro atoms. The van der Waals surface area contributed by atoms with Crippen LogP contribution >= 0.6 is 15.9 Å². The first-order chi connectivity index (χ1) is 9.61. The zero-order valence-corrected chi connectivity index (χ0v) is 12.8. The van der Waals surface area contributed by atoms with Gasteiger partial charge in [0.25, 0.3) is 5.91 Å². The van der Waals surface area contributed by atoms with Crippen LogP contribution in [0.1, 0.15) is 36.0 Å². The maximum absolute atomic E-state index is 13.5. The summed E-state index contributed by atoms with van der Waals surface area (Å²) < 4.78 is 26.6. The van der Waals surface area contributed by atoms with Gasteiger partial charge >= 0.3 is 0 Å². The molecule has 0 bridgehead atoms. The fourth-order valence-electron chi connectivity index (χ4n) is 2.75. The third kappa shape index (κ3) is 3.78. The zero-order chi connectivity index (χ0) is 14.5. The molecule has 1 amide bonds. The lowest BCUT2D eigenvalue weighted by atomic mass is 9.80. The predicted octanol–water partition coefficient (Wildman–Crippen LogP) is 3.90. The summed E-state index contributed by atoms with van der Waals surface area (Å²) in [7, 11) is 0. The molecule has 0 aliphatic heterocycles. The molecule has 1 N–H and O–H groups in total. The molecule has 20 heavy (non-hydrogen) atoms. The molecule has 2 atom stereocenters. The summed E-state index contributed by atoms with van der Waals surface area (Å²) in [5.41, 5.74) is -0.226. The molecule has 0 radical (unpaired) electrons. The molecule has 1 fully saturated rings. The SMILES string of the molecule is O=C(NCC1CCCCC1CBr)c1cc(F)ccc1F. The van der Waals surface area contributed by atoms with Crippen molar-refractivity contribution in [1.82, 2.24) is 5.32 Å². The molecule has 110 valence electrons. The number of rotatable bonds is 4. The van der Waals surface area contributed by atoms with Gasteiger partial charge in [-0.1, -0.05) is 28.8 Å². The lowest BCUT2D eigenvalue weighted by molar-refractivity contribution is 0.0932. The van der Waals surface area contributed by atoms with Crippen LogP contribution in [0.25, 0.3) is 0 Å². The highest BCUT2D eigenvalue weighted by Gasteiger charge is 2.25. The van der Waals surface area contributed by atoms with Crippen molar-refractivity contribution in [2.45, 2.75) is 25.7 Å². The normalized spacial score (nSPS) is 22.6. The van der Waals surface area contributed by atoms with Gasteiger partial charge in [0.1, 0.15) is 11.6 Å². The van der Waals surface area contributed by atoms with E-state index in [4.69, 9.17) is 0 Å². The van der Waals surface area contributed by atoms with Gasteiger partial charge in [-0.2, -0.15) is 0 Å². The molecule has 2 unspecified atom stereocenters. The molecule has 5 heteroatoms. The maximum atomic E-state index is 13.5. The zero-order valence-electron chi connectivity index (χ0n) is 11.2. The fraction of sp³-hybridized carbons (Fsp3) is 0.533. The van der Waals surface area contributed by atoms with Gasteiger partial charge in [0.15, 0.2) is 0 Å². The standard InChI is InChI=1S/C15H18BrF2NO/c16-8-10-3-1-2-4-11(10)9-19-15(20)13-7-12(17)5-6-14(13)18/h5-7,10-11H,1-4,8-9H2,(H,19,20). The van der Waals surface area contributed by atoms with E-state index in [1.165, 1.54) is 12.8 Å². The van der Waals surface area contributed by atoms with Crippen LogP contribution in [-0.2, 0) is 0 Å². The van der Waals surface area contributed by atoms with Crippen LogP contribution in [0.4, 0.5) is 8.78 Å². The molecule has 1 aliphatic rings. The van der Waals surface area contributed by atoms with Crippen molar-refractivity contribution in [2.75, 3.05) is 11.9 Å². The summed E-state index contributed by atoms with van der Waals surface area (Å²) in [5, 5.41) is 3.65. The number of halogens is 3. The highest BCUT2D eigenvalue weighted by molar-refractivity contribution is 9.09. The largest absolute Gasteiger partial charge is 0.352 e. The quantitative estimate of drug-likeness (QED) is 0.824. The first-order valence-corrected chi connectivity index (χ1v) is 8.03. The molecular weight excluding hydrogens is 328 g/mol. The topological polar surface area (TPSA) is 29.1 Å². The number of hydrogen-bond donors (Lipinski definition) is 1. The Morgan fingerprint density at radius 2 is 1.95 bits per heavy atom. The third-order valence-corrected chi connectivity index (χ3v) is 4.79. The number of carbonyl (C=O) groups is 1. The highest BCUT2D eigenvalue weighted by atomic mass is 79.9. The van der Waals surface area contributed by atoms with Crippen molar-refractivity contribution in [3.63, 3.8) is 0 Å². The van der Waals surface area contributed by atoms with Gasteiger partial charge in [-0.3, -0.25) is 4.79 Å². The Kier molecular flexibility index (Phi) is 5.52. The lowest BCUT2D eigenvalue weighted by Crippen LogP contribution is -2.35. The number of nitrogens with one attached hydrogen (secondary N) is 1. The minimum absolute atomic E-state index is 0.226. The summed E-state index contributed by atoms with van der Waals surface area (Å²) in [6.07, 6.45) is 4.61. The average molecular weight is 346 g/mol. The van der Waals surface area contributed by atoms with E-state index >= 15 is 0 Å². The highest BCUT2D eigenvalue weighted by Crippen LogP contribution is 2.30. The van der Waals surface area contributed by atoms with Gasteiger partial charge < -0.3 is 5.32 Å². The summed E-state index contributed by atoms with van der Waals surface area (Å²) in [4.78, 5) is 11.9. The fourth-order valence-corrected chi connectivity index (χ4v) is 3.60. The van der Waals surface area contributed by atoms with E-state index in [1.807, 2.05) is 0 Å². The van der Waals surface area contributed by atoms with E-state index in [1.54, 1.807) is 0 Å². The average Bonchev–Trinajstić information content (AvgIpc) is 2.47. The van der Waals surface area contributed by atoms with Crippen molar-refractivity contribution >= 4 is 21.8 Å². The number of amides is 1. The first-order valence-electron chi connectivity index (χ1n) is 6.91. The van der Waals surface area contributed by atoms with Crippen LogP contribution in [0.3, 0.4) is 0 Å². The van der Waals surface area contributed by atoms with Crippen LogP contribution in [0.5, 0.6) is 0 Å². The van der Waals surface area contributed by atoms with Crippen LogP contribution in [0.2, 0.25) is 0 Å². The Labute approximate surface area is 126 Å². The van der Waals surface area contributed by atoms with Crippen molar-refractivity contribution in [2.24, 2.45) is 11.8 Å². The first kappa shape index (κ1) is 15.4. The van der Waals surface area contributed by atoms with Crippen LogP contribution in [0, 0.1) is 23.5 Å². The second-order valence-corrected chi connectivity index (χ2v) is 5.94. The number of carbonyl (C=O) groups excluding carboxylic acids is 1. The third-order valence-electron chi connectivity index (χ3n) is 3.96. The molecule has 1 aromatic rings. The van der Waals surface area contributed by atoms with E-state index in [9.17, 15) is 13.6 Å². The lowest BCUT2D eigenvalue weighted by Gasteiger charge is -2.30. The molecule has 1 aliphatic carbocycles. The smallest absolute Gasteiger partial charge is 0.254 e. The Morgan fingerprint density at radius 1 is 1.25 bits per heavy atom. The molecule has 1 aromatic carbocycles. The molecule has 0 aromatic heterocycles. The predicted molar refractivity (Wildman–Crippen MR) is 77.9 cm³/mol. The Morgan fingerprint density at radius 3 is 2.65 bits per heavy atom. The van der Waals surface area contributed by atoms with Gasteiger partial charge in [0.2, 0.25) is 0 Å². The monoisotopic (exact) mass is 345 g/mol. The van der Waals surface area contributed by atoms with Gasteiger partial charge in [-0.25, -0.2) is 8.78 Å². The summed E-state index contributed by atoms with van der Waals surface area (Å²) in [6, 6.07) is 2.92. The Balaban J connectivity index is 1.96. The molecule has 1 saturated carbocycles. The van der Waals surface area contributed by atoms with Gasteiger partial charge in [0, 0.05) is 11.9 Å². The van der Waals surface area contributed by atoms with Crippen molar-refractivity contribution in [1.29, 1.82) is 0 Å². The van der Waals surface area contributed by atoms with Crippen molar-refractivity contribution < 1.29 is 13.6 Å². The Bertz CT molecular complexity index is 481. The second-order valence-electron chi connectivity index (χ2n) is 5.29. The Hall–Kier alpha value is -0.970. The molecular formula is C15H18BrF2NO. The molecule has 0 heterocycles. The van der Waals surface area contributed by atoms with Gasteiger partial charge in [-0.15, -0.1) is 0 Å². The van der Waals surface area contributed by atoms with E-state index in [2.05, 4.69) is 21.2 Å². The van der Waals surface area contributed by atoms with E-state index in [0.29, 0.717) is 18.4 Å². The van der Waals surface area contributed by atoms with E-state index in [0.717, 1.165) is 36.4 Å². The minimum atomic E-state index is -0.690. The van der Waals surface area contributed by atoms with E-state index < -0.39 is 17.5 Å². The summed E-state index contributed by atoms with van der Waals surface area (Å²) in [5.74, 6) is -0.886. The van der Waals surface area contributed by atoms with Crippen LogP contribution in [-0.4, -0.2) is 17.8 Å². The van der Waals surface area contributed by atoms with Crippen molar-refractivity contribution in [3.8, 4) is 0 Å². The van der Waals surface area contributed by atoms with Crippen LogP contribution < -0.4 is 5.32 Å².